The van der Waals surface area contributed by atoms with Crippen LogP contribution in [0.2, 0.25) is 5.02 Å². The van der Waals surface area contributed by atoms with Crippen LogP contribution in [-0.4, -0.2) is 29.9 Å². The van der Waals surface area contributed by atoms with Crippen molar-refractivity contribution in [3.63, 3.8) is 0 Å². The van der Waals surface area contributed by atoms with Crippen molar-refractivity contribution in [2.75, 3.05) is 13.1 Å². The highest BCUT2D eigenvalue weighted by molar-refractivity contribution is 6.33. The number of aliphatic imine (C=N–C) groups is 1. The summed E-state index contributed by atoms with van der Waals surface area (Å²) in [5, 5.41) is 4.20. The van der Waals surface area contributed by atoms with E-state index in [4.69, 9.17) is 16.6 Å². The van der Waals surface area contributed by atoms with Crippen LogP contribution in [0.15, 0.2) is 29.8 Å². The molecular weight excluding hydrogens is 270 g/mol. The molecule has 2 aliphatic heterocycles. The number of benzene rings is 1. The lowest BCUT2D eigenvalue weighted by atomic mass is 10.00. The zero-order valence-electron chi connectivity index (χ0n) is 11.8. The number of nitrogens with zero attached hydrogens (tertiary/aromatic N) is 2. The van der Waals surface area contributed by atoms with E-state index in [2.05, 4.69) is 23.7 Å². The number of hydrogen-bond donors (Lipinski definition) is 1. The lowest BCUT2D eigenvalue weighted by Gasteiger charge is -2.40. The maximum Gasteiger partial charge on any atom is 0.109 e. The number of halogens is 1. The van der Waals surface area contributed by atoms with E-state index in [1.165, 1.54) is 12.8 Å². The highest BCUT2D eigenvalue weighted by Gasteiger charge is 2.30. The van der Waals surface area contributed by atoms with Gasteiger partial charge in [-0.1, -0.05) is 31.2 Å². The van der Waals surface area contributed by atoms with E-state index in [0.717, 1.165) is 47.3 Å². The first-order chi connectivity index (χ1) is 9.72. The molecule has 20 heavy (non-hydrogen) atoms. The minimum atomic E-state index is 0.430. The molecule has 4 heteroatoms. The zero-order chi connectivity index (χ0) is 14.1. The average molecular weight is 290 g/mol. The van der Waals surface area contributed by atoms with Crippen LogP contribution in [0, 0.1) is 0 Å². The minimum absolute atomic E-state index is 0.430. The first-order valence-electron chi connectivity index (χ1n) is 7.27. The summed E-state index contributed by atoms with van der Waals surface area (Å²) >= 11 is 6.36. The van der Waals surface area contributed by atoms with E-state index >= 15 is 0 Å². The molecule has 1 unspecified atom stereocenters. The Hall–Kier alpha value is -1.32. The fourth-order valence-corrected chi connectivity index (χ4v) is 3.37. The van der Waals surface area contributed by atoms with Gasteiger partial charge in [-0.05, 0) is 31.5 Å². The Kier molecular flexibility index (Phi) is 3.81. The fraction of sp³-hybridized carbons (Fsp3) is 0.438. The Morgan fingerprint density at radius 3 is 3.05 bits per heavy atom. The molecule has 0 radical (unpaired) electrons. The molecule has 2 heterocycles. The van der Waals surface area contributed by atoms with Gasteiger partial charge in [0.05, 0.1) is 10.7 Å². The Bertz CT molecular complexity index is 559. The summed E-state index contributed by atoms with van der Waals surface area (Å²) in [5.74, 6) is 1.10. The molecule has 1 N–H and O–H groups in total. The normalized spacial score (nSPS) is 22.5. The Morgan fingerprint density at radius 1 is 1.50 bits per heavy atom. The quantitative estimate of drug-likeness (QED) is 0.896. The van der Waals surface area contributed by atoms with Gasteiger partial charge >= 0.3 is 0 Å². The van der Waals surface area contributed by atoms with Gasteiger partial charge in [-0.2, -0.15) is 0 Å². The maximum atomic E-state index is 6.36. The van der Waals surface area contributed by atoms with E-state index in [1.807, 2.05) is 18.2 Å². The molecule has 3 rings (SSSR count). The van der Waals surface area contributed by atoms with Crippen molar-refractivity contribution < 1.29 is 0 Å². The number of hydrogen-bond acceptors (Lipinski definition) is 3. The smallest absolute Gasteiger partial charge is 0.109 e. The molecule has 2 aliphatic rings. The predicted octanol–water partition coefficient (Wildman–Crippen LogP) is 3.82. The highest BCUT2D eigenvalue weighted by atomic mass is 35.5. The predicted molar refractivity (Wildman–Crippen MR) is 85.6 cm³/mol. The first-order valence-corrected chi connectivity index (χ1v) is 7.65. The second-order valence-electron chi connectivity index (χ2n) is 5.33. The SMILES string of the molecule is C=C1c2c(Cl)cccc2N=C(CC)N1C1CCCNC1. The Labute approximate surface area is 125 Å². The molecule has 0 spiro atoms. The summed E-state index contributed by atoms with van der Waals surface area (Å²) in [6.45, 7) is 8.54. The maximum absolute atomic E-state index is 6.36. The van der Waals surface area contributed by atoms with Crippen LogP contribution in [0.5, 0.6) is 0 Å². The average Bonchev–Trinajstić information content (AvgIpc) is 2.47. The molecule has 0 saturated carbocycles. The summed E-state index contributed by atoms with van der Waals surface area (Å²) in [6, 6.07) is 6.30. The van der Waals surface area contributed by atoms with Gasteiger partial charge in [-0.15, -0.1) is 0 Å². The summed E-state index contributed by atoms with van der Waals surface area (Å²) in [4.78, 5) is 7.09. The van der Waals surface area contributed by atoms with Crippen LogP contribution >= 0.6 is 11.6 Å². The topological polar surface area (TPSA) is 27.6 Å². The molecule has 1 fully saturated rings. The molecule has 106 valence electrons. The highest BCUT2D eigenvalue weighted by Crippen LogP contribution is 2.39. The van der Waals surface area contributed by atoms with Crippen LogP contribution in [0.1, 0.15) is 31.7 Å². The minimum Gasteiger partial charge on any atom is -0.325 e. The van der Waals surface area contributed by atoms with Crippen molar-refractivity contribution in [2.45, 2.75) is 32.2 Å². The summed E-state index contributed by atoms with van der Waals surface area (Å²) in [6.07, 6.45) is 3.27. The van der Waals surface area contributed by atoms with Gasteiger partial charge in [0.25, 0.3) is 0 Å². The summed E-state index contributed by atoms with van der Waals surface area (Å²) in [5.41, 5.74) is 2.92. The summed E-state index contributed by atoms with van der Waals surface area (Å²) < 4.78 is 0. The van der Waals surface area contributed by atoms with Crippen molar-refractivity contribution in [1.82, 2.24) is 10.2 Å². The van der Waals surface area contributed by atoms with Gasteiger partial charge in [0.2, 0.25) is 0 Å². The van der Waals surface area contributed by atoms with Crippen LogP contribution in [0.4, 0.5) is 5.69 Å². The molecule has 3 nitrogen and oxygen atoms in total. The van der Waals surface area contributed by atoms with E-state index < -0.39 is 0 Å². The van der Waals surface area contributed by atoms with Crippen LogP contribution in [-0.2, 0) is 0 Å². The molecule has 1 atom stereocenters. The van der Waals surface area contributed by atoms with Crippen molar-refractivity contribution in [3.05, 3.63) is 35.4 Å². The second kappa shape index (κ2) is 5.58. The monoisotopic (exact) mass is 289 g/mol. The van der Waals surface area contributed by atoms with Crippen LogP contribution in [0.3, 0.4) is 0 Å². The standard InChI is InChI=1S/C16H20ClN3/c1-3-15-19-14-8-4-7-13(17)16(14)11(2)20(15)12-6-5-9-18-10-12/h4,7-8,12,18H,2-3,5-6,9-10H2,1H3. The largest absolute Gasteiger partial charge is 0.325 e. The zero-order valence-corrected chi connectivity index (χ0v) is 12.6. The molecule has 1 aromatic carbocycles. The van der Waals surface area contributed by atoms with E-state index in [0.29, 0.717) is 6.04 Å². The number of fused-ring (bicyclic) bond motifs is 1. The number of amidine groups is 1. The third kappa shape index (κ3) is 2.25. The van der Waals surface area contributed by atoms with Gasteiger partial charge < -0.3 is 10.2 Å². The van der Waals surface area contributed by atoms with Gasteiger partial charge in [-0.25, -0.2) is 4.99 Å². The lowest BCUT2D eigenvalue weighted by molar-refractivity contribution is 0.322. The van der Waals surface area contributed by atoms with Crippen molar-refractivity contribution in [3.8, 4) is 0 Å². The number of rotatable bonds is 2. The van der Waals surface area contributed by atoms with E-state index in [-0.39, 0.29) is 0 Å². The number of piperidine rings is 1. The van der Waals surface area contributed by atoms with Crippen LogP contribution in [0.25, 0.3) is 5.70 Å². The van der Waals surface area contributed by atoms with Gasteiger partial charge in [-0.3, -0.25) is 0 Å². The van der Waals surface area contributed by atoms with Crippen molar-refractivity contribution in [2.24, 2.45) is 4.99 Å². The van der Waals surface area contributed by atoms with E-state index in [1.54, 1.807) is 0 Å². The summed E-state index contributed by atoms with van der Waals surface area (Å²) in [7, 11) is 0. The first kappa shape index (κ1) is 13.7. The Balaban J connectivity index is 2.03. The Morgan fingerprint density at radius 2 is 2.35 bits per heavy atom. The fourth-order valence-electron chi connectivity index (χ4n) is 3.10. The van der Waals surface area contributed by atoms with Crippen molar-refractivity contribution >= 4 is 28.8 Å². The molecule has 0 aliphatic carbocycles. The molecule has 0 amide bonds. The van der Waals surface area contributed by atoms with Gasteiger partial charge in [0.1, 0.15) is 5.84 Å². The van der Waals surface area contributed by atoms with Crippen molar-refractivity contribution in [1.29, 1.82) is 0 Å². The third-order valence-electron chi connectivity index (χ3n) is 4.05. The third-order valence-corrected chi connectivity index (χ3v) is 4.37. The lowest BCUT2D eigenvalue weighted by Crippen LogP contribution is -2.48. The van der Waals surface area contributed by atoms with E-state index in [9.17, 15) is 0 Å². The molecular formula is C16H20ClN3. The second-order valence-corrected chi connectivity index (χ2v) is 5.74. The number of nitrogens with one attached hydrogen (secondary N) is 1. The molecule has 1 aromatic rings. The molecule has 1 saturated heterocycles. The molecule has 0 bridgehead atoms. The van der Waals surface area contributed by atoms with Gasteiger partial charge in [0.15, 0.2) is 0 Å². The van der Waals surface area contributed by atoms with Crippen LogP contribution < -0.4 is 5.32 Å². The molecule has 0 aromatic heterocycles. The van der Waals surface area contributed by atoms with Gasteiger partial charge in [0, 0.05) is 30.3 Å².